The molecule has 1 amide bonds. The van der Waals surface area contributed by atoms with Crippen molar-refractivity contribution in [3.05, 3.63) is 29.3 Å². The molecule has 0 bridgehead atoms. The first kappa shape index (κ1) is 15.4. The number of benzene rings is 1. The predicted octanol–water partition coefficient (Wildman–Crippen LogP) is 4.23. The van der Waals surface area contributed by atoms with E-state index in [9.17, 15) is 4.79 Å². The summed E-state index contributed by atoms with van der Waals surface area (Å²) in [6.45, 7) is 6.21. The second kappa shape index (κ2) is 7.16. The van der Waals surface area contributed by atoms with Crippen LogP contribution in [0.1, 0.15) is 50.2 Å². The van der Waals surface area contributed by atoms with Crippen molar-refractivity contribution >= 4 is 17.7 Å². The van der Waals surface area contributed by atoms with E-state index >= 15 is 0 Å². The Kier molecular flexibility index (Phi) is 5.53. The van der Waals surface area contributed by atoms with Crippen molar-refractivity contribution in [3.8, 4) is 0 Å². The van der Waals surface area contributed by atoms with Gasteiger partial charge in [-0.15, -0.1) is 11.8 Å². The summed E-state index contributed by atoms with van der Waals surface area (Å²) in [5.74, 6) is 0.182. The van der Waals surface area contributed by atoms with Gasteiger partial charge in [0.2, 0.25) is 5.91 Å². The lowest BCUT2D eigenvalue weighted by Crippen LogP contribution is -2.40. The van der Waals surface area contributed by atoms with Crippen LogP contribution < -0.4 is 5.32 Å². The zero-order valence-electron chi connectivity index (χ0n) is 12.7. The van der Waals surface area contributed by atoms with Gasteiger partial charge in [0.1, 0.15) is 0 Å². The highest BCUT2D eigenvalue weighted by molar-refractivity contribution is 8.00. The van der Waals surface area contributed by atoms with Gasteiger partial charge in [-0.05, 0) is 45.2 Å². The molecule has 2 nitrogen and oxygen atoms in total. The number of carbonyl (C=O) groups is 1. The molecule has 1 aliphatic carbocycles. The van der Waals surface area contributed by atoms with Crippen LogP contribution in [0.15, 0.2) is 23.1 Å². The standard InChI is InChI=1S/C17H25NOS/c1-12-9-10-16(13(2)11-12)20-14(3)17(19)18-15-7-5-4-6-8-15/h9-11,14-15H,4-8H2,1-3H3,(H,18,19). The van der Waals surface area contributed by atoms with Gasteiger partial charge in [-0.2, -0.15) is 0 Å². The molecule has 1 atom stereocenters. The van der Waals surface area contributed by atoms with E-state index in [-0.39, 0.29) is 11.2 Å². The van der Waals surface area contributed by atoms with E-state index in [0.717, 1.165) is 12.8 Å². The van der Waals surface area contributed by atoms with Crippen LogP contribution in [0.3, 0.4) is 0 Å². The van der Waals surface area contributed by atoms with Gasteiger partial charge in [0.15, 0.2) is 0 Å². The van der Waals surface area contributed by atoms with E-state index < -0.39 is 0 Å². The molecule has 20 heavy (non-hydrogen) atoms. The monoisotopic (exact) mass is 291 g/mol. The fourth-order valence-corrected chi connectivity index (χ4v) is 3.69. The highest BCUT2D eigenvalue weighted by Gasteiger charge is 2.20. The molecule has 0 saturated heterocycles. The van der Waals surface area contributed by atoms with Gasteiger partial charge < -0.3 is 5.32 Å². The van der Waals surface area contributed by atoms with Gasteiger partial charge in [-0.3, -0.25) is 4.79 Å². The van der Waals surface area contributed by atoms with Crippen LogP contribution >= 0.6 is 11.8 Å². The number of amides is 1. The molecule has 3 heteroatoms. The molecule has 1 N–H and O–H groups in total. The first-order chi connectivity index (χ1) is 9.56. The van der Waals surface area contributed by atoms with Crippen LogP contribution in [-0.4, -0.2) is 17.2 Å². The summed E-state index contributed by atoms with van der Waals surface area (Å²) in [5, 5.41) is 3.18. The van der Waals surface area contributed by atoms with Gasteiger partial charge in [-0.1, -0.05) is 37.0 Å². The van der Waals surface area contributed by atoms with Crippen LogP contribution in [0.2, 0.25) is 0 Å². The van der Waals surface area contributed by atoms with Crippen molar-refractivity contribution in [2.24, 2.45) is 0 Å². The molecule has 1 aliphatic rings. The Bertz CT molecular complexity index is 466. The second-order valence-corrected chi connectivity index (χ2v) is 7.26. The topological polar surface area (TPSA) is 29.1 Å². The molecule has 2 rings (SSSR count). The minimum atomic E-state index is -0.0293. The molecule has 1 unspecified atom stereocenters. The zero-order chi connectivity index (χ0) is 14.5. The Labute approximate surface area is 126 Å². The van der Waals surface area contributed by atoms with Crippen molar-refractivity contribution in [2.45, 2.75) is 69.1 Å². The molecule has 0 aromatic heterocycles. The molecule has 1 aromatic rings. The Hall–Kier alpha value is -0.960. The summed E-state index contributed by atoms with van der Waals surface area (Å²) in [7, 11) is 0. The van der Waals surface area contributed by atoms with E-state index in [1.807, 2.05) is 6.92 Å². The molecule has 0 heterocycles. The minimum Gasteiger partial charge on any atom is -0.352 e. The van der Waals surface area contributed by atoms with E-state index in [0.29, 0.717) is 6.04 Å². The number of hydrogen-bond acceptors (Lipinski definition) is 2. The molecule has 1 fully saturated rings. The zero-order valence-corrected chi connectivity index (χ0v) is 13.6. The third kappa shape index (κ3) is 4.27. The van der Waals surface area contributed by atoms with E-state index in [1.54, 1.807) is 11.8 Å². The molecule has 0 radical (unpaired) electrons. The molecule has 0 aliphatic heterocycles. The maximum atomic E-state index is 12.3. The molecule has 110 valence electrons. The van der Waals surface area contributed by atoms with Gasteiger partial charge >= 0.3 is 0 Å². The van der Waals surface area contributed by atoms with Crippen molar-refractivity contribution < 1.29 is 4.79 Å². The van der Waals surface area contributed by atoms with Gasteiger partial charge in [0, 0.05) is 10.9 Å². The van der Waals surface area contributed by atoms with Crippen molar-refractivity contribution in [1.29, 1.82) is 0 Å². The molecule has 1 saturated carbocycles. The second-order valence-electron chi connectivity index (χ2n) is 5.87. The fourth-order valence-electron chi connectivity index (χ4n) is 2.74. The van der Waals surface area contributed by atoms with Crippen LogP contribution in [0, 0.1) is 13.8 Å². The molecular weight excluding hydrogens is 266 g/mol. The lowest BCUT2D eigenvalue weighted by Gasteiger charge is -2.24. The SMILES string of the molecule is Cc1ccc(SC(C)C(=O)NC2CCCCC2)c(C)c1. The average Bonchev–Trinajstić information content (AvgIpc) is 2.43. The third-order valence-corrected chi connectivity index (χ3v) is 5.23. The van der Waals surface area contributed by atoms with Crippen LogP contribution in [0.4, 0.5) is 0 Å². The lowest BCUT2D eigenvalue weighted by atomic mass is 9.95. The summed E-state index contributed by atoms with van der Waals surface area (Å²) in [4.78, 5) is 13.5. The van der Waals surface area contributed by atoms with Crippen LogP contribution in [0.5, 0.6) is 0 Å². The first-order valence-corrected chi connectivity index (χ1v) is 8.48. The Balaban J connectivity index is 1.89. The summed E-state index contributed by atoms with van der Waals surface area (Å²) >= 11 is 1.66. The van der Waals surface area contributed by atoms with Gasteiger partial charge in [-0.25, -0.2) is 0 Å². The summed E-state index contributed by atoms with van der Waals surface area (Å²) in [6.07, 6.45) is 6.12. The van der Waals surface area contributed by atoms with E-state index in [2.05, 4.69) is 37.4 Å². The van der Waals surface area contributed by atoms with Gasteiger partial charge in [0.25, 0.3) is 0 Å². The highest BCUT2D eigenvalue weighted by Crippen LogP contribution is 2.27. The molecule has 0 spiro atoms. The quantitative estimate of drug-likeness (QED) is 0.841. The third-order valence-electron chi connectivity index (χ3n) is 3.95. The number of rotatable bonds is 4. The lowest BCUT2D eigenvalue weighted by molar-refractivity contribution is -0.121. The Morgan fingerprint density at radius 1 is 1.25 bits per heavy atom. The summed E-state index contributed by atoms with van der Waals surface area (Å²) < 4.78 is 0. The number of aryl methyl sites for hydroxylation is 2. The largest absolute Gasteiger partial charge is 0.352 e. The maximum absolute atomic E-state index is 12.3. The van der Waals surface area contributed by atoms with Crippen LogP contribution in [-0.2, 0) is 4.79 Å². The number of thioether (sulfide) groups is 1. The first-order valence-electron chi connectivity index (χ1n) is 7.60. The normalized spacial score (nSPS) is 17.8. The Morgan fingerprint density at radius 3 is 2.60 bits per heavy atom. The van der Waals surface area contributed by atoms with Crippen molar-refractivity contribution in [3.63, 3.8) is 0 Å². The predicted molar refractivity (Wildman–Crippen MR) is 86.3 cm³/mol. The summed E-state index contributed by atoms with van der Waals surface area (Å²) in [5.41, 5.74) is 2.53. The maximum Gasteiger partial charge on any atom is 0.233 e. The molecule has 1 aromatic carbocycles. The van der Waals surface area contributed by atoms with Crippen molar-refractivity contribution in [1.82, 2.24) is 5.32 Å². The molecular formula is C17H25NOS. The average molecular weight is 291 g/mol. The number of nitrogens with one attached hydrogen (secondary N) is 1. The van der Waals surface area contributed by atoms with Crippen LogP contribution in [0.25, 0.3) is 0 Å². The number of carbonyl (C=O) groups excluding carboxylic acids is 1. The number of hydrogen-bond donors (Lipinski definition) is 1. The summed E-state index contributed by atoms with van der Waals surface area (Å²) in [6, 6.07) is 6.81. The van der Waals surface area contributed by atoms with E-state index in [1.165, 1.54) is 35.3 Å². The minimum absolute atomic E-state index is 0.0293. The fraction of sp³-hybridized carbons (Fsp3) is 0.588. The van der Waals surface area contributed by atoms with Crippen molar-refractivity contribution in [2.75, 3.05) is 0 Å². The smallest absolute Gasteiger partial charge is 0.233 e. The van der Waals surface area contributed by atoms with E-state index in [4.69, 9.17) is 0 Å². The Morgan fingerprint density at radius 2 is 1.95 bits per heavy atom. The van der Waals surface area contributed by atoms with Gasteiger partial charge in [0.05, 0.1) is 5.25 Å². The highest BCUT2D eigenvalue weighted by atomic mass is 32.2.